The van der Waals surface area contributed by atoms with Gasteiger partial charge >= 0.3 is 0 Å². The summed E-state index contributed by atoms with van der Waals surface area (Å²) in [5.41, 5.74) is 6.66. The highest BCUT2D eigenvalue weighted by Crippen LogP contribution is 2.28. The number of hydrogen-bond acceptors (Lipinski definition) is 6. The van der Waals surface area contributed by atoms with E-state index in [1.54, 1.807) is 14.2 Å². The van der Waals surface area contributed by atoms with Crippen molar-refractivity contribution in [3.8, 4) is 11.5 Å². The van der Waals surface area contributed by atoms with Gasteiger partial charge in [-0.05, 0) is 56.5 Å². The van der Waals surface area contributed by atoms with Crippen LogP contribution in [0.5, 0.6) is 11.5 Å². The number of aromatic nitrogens is 2. The Balaban J connectivity index is 1.78. The Morgan fingerprint density at radius 3 is 2.17 bits per heavy atom. The Labute approximate surface area is 172 Å². The first kappa shape index (κ1) is 20.5. The molecule has 0 aliphatic heterocycles. The molecule has 2 aromatic carbocycles. The van der Waals surface area contributed by atoms with Gasteiger partial charge in [-0.2, -0.15) is 4.98 Å². The van der Waals surface area contributed by atoms with E-state index in [1.807, 2.05) is 31.2 Å². The first-order valence-corrected chi connectivity index (χ1v) is 9.55. The average molecular weight is 393 g/mol. The quantitative estimate of drug-likeness (QED) is 0.584. The van der Waals surface area contributed by atoms with Gasteiger partial charge in [0.1, 0.15) is 5.82 Å². The fraction of sp³-hybridized carbons (Fsp3) is 0.304. The third kappa shape index (κ3) is 4.96. The molecule has 3 aromatic rings. The van der Waals surface area contributed by atoms with E-state index in [-0.39, 0.29) is 0 Å². The molecule has 0 unspecified atom stereocenters. The molecule has 2 N–H and O–H groups in total. The molecule has 1 aromatic heterocycles. The molecule has 0 fully saturated rings. The number of benzene rings is 2. The highest BCUT2D eigenvalue weighted by Gasteiger charge is 2.09. The van der Waals surface area contributed by atoms with Crippen LogP contribution in [-0.4, -0.2) is 24.2 Å². The average Bonchev–Trinajstić information content (AvgIpc) is 2.68. The summed E-state index contributed by atoms with van der Waals surface area (Å²) >= 11 is 0. The van der Waals surface area contributed by atoms with Crippen molar-refractivity contribution >= 4 is 17.5 Å². The number of nitrogens with one attached hydrogen (secondary N) is 2. The number of anilines is 3. The second-order valence-electron chi connectivity index (χ2n) is 7.16. The highest BCUT2D eigenvalue weighted by atomic mass is 16.5. The topological polar surface area (TPSA) is 68.3 Å². The molecule has 6 nitrogen and oxygen atoms in total. The van der Waals surface area contributed by atoms with Gasteiger partial charge in [-0.1, -0.05) is 23.8 Å². The predicted molar refractivity (Wildman–Crippen MR) is 118 cm³/mol. The van der Waals surface area contributed by atoms with Gasteiger partial charge in [-0.15, -0.1) is 0 Å². The van der Waals surface area contributed by atoms with Crippen molar-refractivity contribution in [1.82, 2.24) is 9.97 Å². The van der Waals surface area contributed by atoms with Gasteiger partial charge in [0.25, 0.3) is 0 Å². The molecule has 29 heavy (non-hydrogen) atoms. The Bertz CT molecular complexity index is 995. The zero-order valence-electron chi connectivity index (χ0n) is 17.9. The van der Waals surface area contributed by atoms with E-state index in [9.17, 15) is 0 Å². The first-order valence-electron chi connectivity index (χ1n) is 9.55. The van der Waals surface area contributed by atoms with Crippen molar-refractivity contribution in [3.05, 3.63) is 64.3 Å². The maximum Gasteiger partial charge on any atom is 0.225 e. The van der Waals surface area contributed by atoms with Gasteiger partial charge in [0, 0.05) is 24.0 Å². The Morgan fingerprint density at radius 1 is 0.828 bits per heavy atom. The van der Waals surface area contributed by atoms with Crippen LogP contribution in [0.2, 0.25) is 0 Å². The summed E-state index contributed by atoms with van der Waals surface area (Å²) in [6.45, 7) is 8.85. The second-order valence-corrected chi connectivity index (χ2v) is 7.16. The van der Waals surface area contributed by atoms with Gasteiger partial charge < -0.3 is 20.1 Å². The summed E-state index contributed by atoms with van der Waals surface area (Å²) < 4.78 is 10.7. The van der Waals surface area contributed by atoms with Gasteiger partial charge in [0.2, 0.25) is 5.95 Å². The van der Waals surface area contributed by atoms with Crippen molar-refractivity contribution < 1.29 is 9.47 Å². The molecule has 0 saturated heterocycles. The molecule has 0 radical (unpaired) electrons. The van der Waals surface area contributed by atoms with Crippen molar-refractivity contribution in [2.45, 2.75) is 34.2 Å². The van der Waals surface area contributed by atoms with Crippen LogP contribution >= 0.6 is 0 Å². The lowest BCUT2D eigenvalue weighted by Crippen LogP contribution is -2.07. The van der Waals surface area contributed by atoms with Crippen molar-refractivity contribution in [1.29, 1.82) is 0 Å². The Morgan fingerprint density at radius 2 is 1.52 bits per heavy atom. The van der Waals surface area contributed by atoms with E-state index in [4.69, 9.17) is 9.47 Å². The third-order valence-electron chi connectivity index (χ3n) is 4.68. The number of ether oxygens (including phenoxy) is 2. The van der Waals surface area contributed by atoms with Crippen molar-refractivity contribution in [2.24, 2.45) is 0 Å². The van der Waals surface area contributed by atoms with Crippen LogP contribution in [-0.2, 0) is 6.54 Å². The Kier molecular flexibility index (Phi) is 6.22. The van der Waals surface area contributed by atoms with E-state index in [1.165, 1.54) is 16.7 Å². The summed E-state index contributed by atoms with van der Waals surface area (Å²) in [4.78, 5) is 9.14. The second kappa shape index (κ2) is 8.82. The number of rotatable bonds is 7. The summed E-state index contributed by atoms with van der Waals surface area (Å²) in [5, 5.41) is 6.75. The van der Waals surface area contributed by atoms with Crippen LogP contribution in [0, 0.1) is 27.7 Å². The van der Waals surface area contributed by atoms with E-state index in [0.717, 1.165) is 22.8 Å². The Hall–Kier alpha value is -3.28. The maximum atomic E-state index is 5.37. The van der Waals surface area contributed by atoms with Crippen molar-refractivity contribution in [2.75, 3.05) is 24.9 Å². The molecule has 0 amide bonds. The van der Waals surface area contributed by atoms with E-state index < -0.39 is 0 Å². The van der Waals surface area contributed by atoms with Crippen LogP contribution < -0.4 is 20.1 Å². The molecular formula is C23H28N4O2. The summed E-state index contributed by atoms with van der Waals surface area (Å²) in [6.07, 6.45) is 0. The number of methoxy groups -OCH3 is 2. The van der Waals surface area contributed by atoms with E-state index >= 15 is 0 Å². The highest BCUT2D eigenvalue weighted by molar-refractivity contribution is 5.66. The normalized spacial score (nSPS) is 10.6. The molecule has 152 valence electrons. The lowest BCUT2D eigenvalue weighted by molar-refractivity contribution is 0.354. The van der Waals surface area contributed by atoms with Crippen LogP contribution in [0.15, 0.2) is 36.4 Å². The minimum Gasteiger partial charge on any atom is -0.493 e. The molecule has 6 heteroatoms. The van der Waals surface area contributed by atoms with Gasteiger partial charge in [-0.25, -0.2) is 4.98 Å². The summed E-state index contributed by atoms with van der Waals surface area (Å²) in [5.74, 6) is 2.75. The smallest absolute Gasteiger partial charge is 0.225 e. The molecule has 0 atom stereocenters. The first-order chi connectivity index (χ1) is 13.9. The fourth-order valence-corrected chi connectivity index (χ4v) is 3.39. The van der Waals surface area contributed by atoms with E-state index in [2.05, 4.69) is 53.5 Å². The molecule has 0 spiro atoms. The van der Waals surface area contributed by atoms with Crippen LogP contribution in [0.4, 0.5) is 17.5 Å². The molecule has 0 aliphatic carbocycles. The zero-order chi connectivity index (χ0) is 21.0. The SMILES string of the molecule is COc1ccc(CNc2nc(C)cc(Nc3c(C)cc(C)cc3C)n2)cc1OC. The fourth-order valence-electron chi connectivity index (χ4n) is 3.39. The molecule has 0 saturated carbocycles. The molecular weight excluding hydrogens is 364 g/mol. The van der Waals surface area contributed by atoms with Gasteiger partial charge in [0.15, 0.2) is 11.5 Å². The molecule has 0 aliphatic rings. The van der Waals surface area contributed by atoms with Crippen LogP contribution in [0.1, 0.15) is 27.9 Å². The molecule has 1 heterocycles. The molecule has 3 rings (SSSR count). The van der Waals surface area contributed by atoms with Gasteiger partial charge in [-0.3, -0.25) is 0 Å². The zero-order valence-corrected chi connectivity index (χ0v) is 17.9. The largest absolute Gasteiger partial charge is 0.493 e. The third-order valence-corrected chi connectivity index (χ3v) is 4.68. The number of hydrogen-bond donors (Lipinski definition) is 2. The molecule has 0 bridgehead atoms. The minimum absolute atomic E-state index is 0.574. The van der Waals surface area contributed by atoms with E-state index in [0.29, 0.717) is 24.0 Å². The lowest BCUT2D eigenvalue weighted by Gasteiger charge is -2.15. The van der Waals surface area contributed by atoms with Crippen molar-refractivity contribution in [3.63, 3.8) is 0 Å². The standard InChI is InChI=1S/C23H28N4O2/c1-14-9-15(2)22(16(3)10-14)26-21-11-17(4)25-23(27-21)24-13-18-7-8-19(28-5)20(12-18)29-6/h7-12H,13H2,1-6H3,(H2,24,25,26,27). The van der Waals surface area contributed by atoms with Crippen LogP contribution in [0.25, 0.3) is 0 Å². The summed E-state index contributed by atoms with van der Waals surface area (Å²) in [7, 11) is 3.26. The van der Waals surface area contributed by atoms with Gasteiger partial charge in [0.05, 0.1) is 14.2 Å². The monoisotopic (exact) mass is 392 g/mol. The summed E-state index contributed by atoms with van der Waals surface area (Å²) in [6, 6.07) is 12.1. The van der Waals surface area contributed by atoms with Crippen LogP contribution in [0.3, 0.4) is 0 Å². The number of aryl methyl sites for hydroxylation is 4. The predicted octanol–water partition coefficient (Wildman–Crippen LogP) is 5.08. The maximum absolute atomic E-state index is 5.37. The lowest BCUT2D eigenvalue weighted by atomic mass is 10.1. The minimum atomic E-state index is 0.574. The number of nitrogens with zero attached hydrogens (tertiary/aromatic N) is 2.